The maximum atomic E-state index is 13.0. The van der Waals surface area contributed by atoms with Crippen LogP contribution in [0.4, 0.5) is 0 Å². The van der Waals surface area contributed by atoms with E-state index in [0.29, 0.717) is 37.4 Å². The lowest BCUT2D eigenvalue weighted by Crippen LogP contribution is -2.31. The van der Waals surface area contributed by atoms with Gasteiger partial charge in [0.2, 0.25) is 6.79 Å². The van der Waals surface area contributed by atoms with Crippen LogP contribution in [-0.4, -0.2) is 18.4 Å². The number of hydrogen-bond donors (Lipinski definition) is 0. The van der Waals surface area contributed by atoms with Gasteiger partial charge in [0, 0.05) is 30.5 Å². The molecule has 0 radical (unpaired) electrons. The summed E-state index contributed by atoms with van der Waals surface area (Å²) in [6.07, 6.45) is 0.550. The van der Waals surface area contributed by atoms with E-state index in [1.165, 1.54) is 0 Å². The third-order valence-electron chi connectivity index (χ3n) is 6.37. The molecule has 3 aromatic carbocycles. The highest BCUT2D eigenvalue weighted by molar-refractivity contribution is 5.86. The molecule has 0 spiro atoms. The summed E-state index contributed by atoms with van der Waals surface area (Å²) >= 11 is 0. The Kier molecular flexibility index (Phi) is 4.80. The number of nitrogens with zero attached hydrogens (tertiary/aromatic N) is 1. The van der Waals surface area contributed by atoms with Crippen molar-refractivity contribution in [1.82, 2.24) is 4.90 Å². The normalized spacial score (nSPS) is 14.8. The number of hydrogen-bond acceptors (Lipinski definition) is 6. The van der Waals surface area contributed by atoms with Crippen LogP contribution in [0, 0.1) is 6.92 Å². The summed E-state index contributed by atoms with van der Waals surface area (Å²) in [7, 11) is 0. The van der Waals surface area contributed by atoms with Crippen LogP contribution < -0.4 is 19.8 Å². The second-order valence-electron chi connectivity index (χ2n) is 8.52. The maximum absolute atomic E-state index is 13.0. The number of aryl methyl sites for hydroxylation is 1. The van der Waals surface area contributed by atoms with Gasteiger partial charge >= 0.3 is 5.63 Å². The molecule has 3 heterocycles. The van der Waals surface area contributed by atoms with E-state index in [1.807, 2.05) is 67.6 Å². The molecule has 0 amide bonds. The SMILES string of the molecule is Cc1c(Cc2ccccc2)c(=O)oc2c3c(ccc12)OCN(Cc1ccc2c(c1)OCO2)C3. The third-order valence-corrected chi connectivity index (χ3v) is 6.37. The Morgan fingerprint density at radius 3 is 2.58 bits per heavy atom. The van der Waals surface area contributed by atoms with Crippen LogP contribution in [0.2, 0.25) is 0 Å². The topological polar surface area (TPSA) is 61.1 Å². The minimum atomic E-state index is -0.287. The lowest BCUT2D eigenvalue weighted by atomic mass is 9.97. The molecule has 0 aliphatic carbocycles. The van der Waals surface area contributed by atoms with Crippen LogP contribution >= 0.6 is 0 Å². The van der Waals surface area contributed by atoms with Gasteiger partial charge < -0.3 is 18.6 Å². The Bertz CT molecular complexity index is 1410. The van der Waals surface area contributed by atoms with Crippen LogP contribution in [-0.2, 0) is 19.5 Å². The van der Waals surface area contributed by atoms with Crippen molar-refractivity contribution >= 4 is 11.0 Å². The van der Waals surface area contributed by atoms with Crippen molar-refractivity contribution in [2.24, 2.45) is 0 Å². The predicted molar refractivity (Wildman–Crippen MR) is 124 cm³/mol. The van der Waals surface area contributed by atoms with E-state index in [2.05, 4.69) is 4.90 Å². The first kappa shape index (κ1) is 19.9. The van der Waals surface area contributed by atoms with Crippen molar-refractivity contribution in [2.75, 3.05) is 13.5 Å². The molecule has 6 heteroatoms. The molecular weight excluding hydrogens is 418 g/mol. The summed E-state index contributed by atoms with van der Waals surface area (Å²) < 4.78 is 22.8. The highest BCUT2D eigenvalue weighted by Gasteiger charge is 2.24. The van der Waals surface area contributed by atoms with E-state index in [0.717, 1.165) is 44.9 Å². The minimum Gasteiger partial charge on any atom is -0.478 e. The lowest BCUT2D eigenvalue weighted by molar-refractivity contribution is 0.0889. The molecule has 0 atom stereocenters. The van der Waals surface area contributed by atoms with Crippen LogP contribution in [0.5, 0.6) is 17.2 Å². The summed E-state index contributed by atoms with van der Waals surface area (Å²) in [5, 5.41) is 0.952. The Labute approximate surface area is 190 Å². The van der Waals surface area contributed by atoms with Crippen LogP contribution in [0.15, 0.2) is 69.9 Å². The number of benzene rings is 3. The predicted octanol–water partition coefficient (Wildman–Crippen LogP) is 4.77. The van der Waals surface area contributed by atoms with Crippen molar-refractivity contribution in [2.45, 2.75) is 26.4 Å². The zero-order chi connectivity index (χ0) is 22.4. The average Bonchev–Trinajstić information content (AvgIpc) is 3.30. The largest absolute Gasteiger partial charge is 0.478 e. The highest BCUT2D eigenvalue weighted by Crippen LogP contribution is 2.36. The molecule has 0 N–H and O–H groups in total. The van der Waals surface area contributed by atoms with Gasteiger partial charge in [-0.25, -0.2) is 4.79 Å². The van der Waals surface area contributed by atoms with Crippen molar-refractivity contribution in [3.05, 3.63) is 98.9 Å². The lowest BCUT2D eigenvalue weighted by Gasteiger charge is -2.29. The van der Waals surface area contributed by atoms with E-state index in [-0.39, 0.29) is 12.4 Å². The summed E-state index contributed by atoms with van der Waals surface area (Å²) in [5.74, 6) is 2.31. The fraction of sp³-hybridized carbons (Fsp3) is 0.222. The van der Waals surface area contributed by atoms with Gasteiger partial charge in [0.15, 0.2) is 11.5 Å². The molecule has 1 aromatic heterocycles. The van der Waals surface area contributed by atoms with Crippen LogP contribution in [0.3, 0.4) is 0 Å². The fourth-order valence-electron chi connectivity index (χ4n) is 4.61. The van der Waals surface area contributed by atoms with Gasteiger partial charge in [0.05, 0.1) is 5.56 Å². The van der Waals surface area contributed by atoms with Gasteiger partial charge in [-0.15, -0.1) is 0 Å². The Morgan fingerprint density at radius 1 is 0.879 bits per heavy atom. The Hall–Kier alpha value is -3.77. The molecule has 0 unspecified atom stereocenters. The average molecular weight is 441 g/mol. The number of fused-ring (bicyclic) bond motifs is 4. The summed E-state index contributed by atoms with van der Waals surface area (Å²) in [6.45, 7) is 4.03. The molecule has 0 fully saturated rings. The van der Waals surface area contributed by atoms with Crippen LogP contribution in [0.25, 0.3) is 11.0 Å². The monoisotopic (exact) mass is 441 g/mol. The fourth-order valence-corrected chi connectivity index (χ4v) is 4.61. The number of ether oxygens (including phenoxy) is 3. The van der Waals surface area contributed by atoms with E-state index in [1.54, 1.807) is 0 Å². The standard InChI is InChI=1S/C27H23NO5/c1-17-20-8-10-23-22(26(20)33-27(29)21(17)11-18-5-3-2-4-6-18)14-28(15-30-23)13-19-7-9-24-25(12-19)32-16-31-24/h2-10,12H,11,13-16H2,1H3. The number of rotatable bonds is 4. The smallest absolute Gasteiger partial charge is 0.340 e. The first-order chi connectivity index (χ1) is 16.2. The van der Waals surface area contributed by atoms with Crippen molar-refractivity contribution < 1.29 is 18.6 Å². The highest BCUT2D eigenvalue weighted by atomic mass is 16.7. The molecule has 6 rings (SSSR count). The van der Waals surface area contributed by atoms with Crippen LogP contribution in [0.1, 0.15) is 27.8 Å². The maximum Gasteiger partial charge on any atom is 0.340 e. The molecule has 2 aliphatic rings. The van der Waals surface area contributed by atoms with Crippen molar-refractivity contribution in [1.29, 1.82) is 0 Å². The Morgan fingerprint density at radius 2 is 1.70 bits per heavy atom. The summed E-state index contributed by atoms with van der Waals surface area (Å²) in [4.78, 5) is 15.2. The van der Waals surface area contributed by atoms with E-state index in [4.69, 9.17) is 18.6 Å². The second-order valence-corrected chi connectivity index (χ2v) is 8.52. The first-order valence-electron chi connectivity index (χ1n) is 11.0. The Balaban J connectivity index is 1.32. The minimum absolute atomic E-state index is 0.260. The molecular formula is C27H23NO5. The quantitative estimate of drug-likeness (QED) is 0.425. The molecule has 2 aliphatic heterocycles. The van der Waals surface area contributed by atoms with E-state index in [9.17, 15) is 4.79 Å². The van der Waals surface area contributed by atoms with Gasteiger partial charge in [-0.3, -0.25) is 4.90 Å². The third kappa shape index (κ3) is 3.62. The van der Waals surface area contributed by atoms with Gasteiger partial charge in [0.25, 0.3) is 0 Å². The second kappa shape index (κ2) is 7.98. The summed E-state index contributed by atoms with van der Waals surface area (Å²) in [6, 6.07) is 19.9. The first-order valence-corrected chi connectivity index (χ1v) is 11.0. The molecule has 166 valence electrons. The van der Waals surface area contributed by atoms with Crippen molar-refractivity contribution in [3.8, 4) is 17.2 Å². The zero-order valence-electron chi connectivity index (χ0n) is 18.3. The summed E-state index contributed by atoms with van der Waals surface area (Å²) in [5.41, 5.74) is 5.08. The molecule has 0 saturated heterocycles. The molecule has 0 bridgehead atoms. The van der Waals surface area contributed by atoms with Gasteiger partial charge in [-0.1, -0.05) is 36.4 Å². The van der Waals surface area contributed by atoms with Gasteiger partial charge in [0.1, 0.15) is 18.1 Å². The molecule has 6 nitrogen and oxygen atoms in total. The van der Waals surface area contributed by atoms with E-state index < -0.39 is 0 Å². The molecule has 4 aromatic rings. The van der Waals surface area contributed by atoms with Gasteiger partial charge in [-0.05, 0) is 47.9 Å². The van der Waals surface area contributed by atoms with Gasteiger partial charge in [-0.2, -0.15) is 0 Å². The van der Waals surface area contributed by atoms with Crippen molar-refractivity contribution in [3.63, 3.8) is 0 Å². The zero-order valence-corrected chi connectivity index (χ0v) is 18.3. The molecule has 0 saturated carbocycles. The molecule has 33 heavy (non-hydrogen) atoms. The van der Waals surface area contributed by atoms with E-state index >= 15 is 0 Å².